The van der Waals surface area contributed by atoms with E-state index in [1.54, 1.807) is 0 Å². The number of hydrogen-bond donors (Lipinski definition) is 0. The number of aryl methyl sites for hydroxylation is 1. The molecule has 2 aromatic heterocycles. The fourth-order valence-electron chi connectivity index (χ4n) is 2.81. The summed E-state index contributed by atoms with van der Waals surface area (Å²) in [6, 6.07) is 20.9. The van der Waals surface area contributed by atoms with Crippen LogP contribution in [-0.2, 0) is 0 Å². The van der Waals surface area contributed by atoms with Crippen molar-refractivity contribution in [3.8, 4) is 11.1 Å². The number of hydrogen-bond acceptors (Lipinski definition) is 2. The van der Waals surface area contributed by atoms with Gasteiger partial charge in [-0.1, -0.05) is 48.5 Å². The van der Waals surface area contributed by atoms with E-state index in [0.717, 1.165) is 27.5 Å². The first-order valence-electron chi connectivity index (χ1n) is 7.03. The van der Waals surface area contributed by atoms with E-state index in [9.17, 15) is 0 Å². The summed E-state index contributed by atoms with van der Waals surface area (Å²) in [7, 11) is 0. The van der Waals surface area contributed by atoms with E-state index in [1.807, 2.05) is 25.3 Å². The number of fused-ring (bicyclic) bond motifs is 3. The van der Waals surface area contributed by atoms with Crippen molar-refractivity contribution in [1.29, 1.82) is 0 Å². The van der Waals surface area contributed by atoms with Crippen LogP contribution in [0, 0.1) is 6.92 Å². The van der Waals surface area contributed by atoms with E-state index in [4.69, 9.17) is 4.98 Å². The highest BCUT2D eigenvalue weighted by atomic mass is 14.7. The molecule has 2 heteroatoms. The predicted octanol–water partition coefficient (Wildman–Crippen LogP) is 4.76. The Morgan fingerprint density at radius 3 is 2.52 bits per heavy atom. The van der Waals surface area contributed by atoms with Crippen LogP contribution in [0.15, 0.2) is 66.9 Å². The Morgan fingerprint density at radius 2 is 1.67 bits per heavy atom. The van der Waals surface area contributed by atoms with Gasteiger partial charge in [-0.2, -0.15) is 0 Å². The maximum absolute atomic E-state index is 4.73. The van der Waals surface area contributed by atoms with Crippen LogP contribution >= 0.6 is 0 Å². The smallest absolute Gasteiger partial charge is 0.0973 e. The van der Waals surface area contributed by atoms with Crippen LogP contribution in [-0.4, -0.2) is 9.97 Å². The van der Waals surface area contributed by atoms with Gasteiger partial charge in [-0.05, 0) is 30.2 Å². The van der Waals surface area contributed by atoms with Gasteiger partial charge in [-0.15, -0.1) is 0 Å². The molecular weight excluding hydrogens is 256 g/mol. The number of pyridine rings is 2. The summed E-state index contributed by atoms with van der Waals surface area (Å²) in [5.41, 5.74) is 5.39. The van der Waals surface area contributed by atoms with Crippen LogP contribution in [0.1, 0.15) is 5.69 Å². The highest BCUT2D eigenvalue weighted by Crippen LogP contribution is 2.31. The Kier molecular flexibility index (Phi) is 2.68. The van der Waals surface area contributed by atoms with Gasteiger partial charge in [0.1, 0.15) is 0 Å². The summed E-state index contributed by atoms with van der Waals surface area (Å²) < 4.78 is 0. The molecule has 21 heavy (non-hydrogen) atoms. The van der Waals surface area contributed by atoms with Crippen LogP contribution in [0.5, 0.6) is 0 Å². The molecule has 4 rings (SSSR count). The van der Waals surface area contributed by atoms with Gasteiger partial charge in [0, 0.05) is 22.7 Å². The zero-order chi connectivity index (χ0) is 14.2. The first-order chi connectivity index (χ1) is 10.3. The lowest BCUT2D eigenvalue weighted by molar-refractivity contribution is 1.25. The van der Waals surface area contributed by atoms with Gasteiger partial charge in [0.05, 0.1) is 11.0 Å². The van der Waals surface area contributed by atoms with Crippen LogP contribution in [0.2, 0.25) is 0 Å². The molecule has 2 aromatic carbocycles. The highest BCUT2D eigenvalue weighted by Gasteiger charge is 2.09. The maximum Gasteiger partial charge on any atom is 0.0973 e. The van der Waals surface area contributed by atoms with Gasteiger partial charge >= 0.3 is 0 Å². The zero-order valence-electron chi connectivity index (χ0n) is 11.7. The molecule has 0 aliphatic heterocycles. The quantitative estimate of drug-likeness (QED) is 0.466. The molecule has 0 atom stereocenters. The van der Waals surface area contributed by atoms with E-state index in [2.05, 4.69) is 53.5 Å². The fourth-order valence-corrected chi connectivity index (χ4v) is 2.81. The average Bonchev–Trinajstić information content (AvgIpc) is 2.55. The highest BCUT2D eigenvalue weighted by molar-refractivity contribution is 6.08. The second kappa shape index (κ2) is 4.67. The van der Waals surface area contributed by atoms with E-state index < -0.39 is 0 Å². The van der Waals surface area contributed by atoms with Crippen LogP contribution < -0.4 is 0 Å². The number of rotatable bonds is 1. The van der Waals surface area contributed by atoms with Crippen molar-refractivity contribution < 1.29 is 0 Å². The summed E-state index contributed by atoms with van der Waals surface area (Å²) in [5.74, 6) is 0. The molecule has 0 N–H and O–H groups in total. The molecule has 0 aliphatic carbocycles. The third kappa shape index (κ3) is 1.96. The molecule has 0 saturated carbocycles. The third-order valence-corrected chi connectivity index (χ3v) is 3.76. The second-order valence-electron chi connectivity index (χ2n) is 5.21. The molecule has 0 amide bonds. The Labute approximate surface area is 123 Å². The van der Waals surface area contributed by atoms with Crippen molar-refractivity contribution in [3.05, 3.63) is 72.6 Å². The number of benzene rings is 2. The maximum atomic E-state index is 4.73. The predicted molar refractivity (Wildman–Crippen MR) is 87.2 cm³/mol. The van der Waals surface area contributed by atoms with Gasteiger partial charge in [0.15, 0.2) is 0 Å². The van der Waals surface area contributed by atoms with E-state index in [-0.39, 0.29) is 0 Å². The monoisotopic (exact) mass is 270 g/mol. The largest absolute Gasteiger partial charge is 0.254 e. The van der Waals surface area contributed by atoms with Gasteiger partial charge in [-0.3, -0.25) is 9.97 Å². The van der Waals surface area contributed by atoms with E-state index in [1.165, 1.54) is 11.1 Å². The van der Waals surface area contributed by atoms with Crippen LogP contribution in [0.3, 0.4) is 0 Å². The van der Waals surface area contributed by atoms with Crippen molar-refractivity contribution >= 4 is 21.8 Å². The average molecular weight is 270 g/mol. The lowest BCUT2D eigenvalue weighted by atomic mass is 9.99. The molecular formula is C19H14N2. The van der Waals surface area contributed by atoms with Gasteiger partial charge in [0.2, 0.25) is 0 Å². The van der Waals surface area contributed by atoms with Crippen LogP contribution in [0.4, 0.5) is 0 Å². The normalized spacial score (nSPS) is 11.1. The molecule has 100 valence electrons. The standard InChI is InChI=1S/C19H14N2/c1-13-12-17(14-6-3-2-4-7-14)16-10-9-15-8-5-11-20-18(15)19(16)21-13/h2-12H,1H3. The third-order valence-electron chi connectivity index (χ3n) is 3.76. The molecule has 2 nitrogen and oxygen atoms in total. The summed E-state index contributed by atoms with van der Waals surface area (Å²) in [4.78, 5) is 9.25. The first kappa shape index (κ1) is 12.0. The molecule has 0 spiro atoms. The summed E-state index contributed by atoms with van der Waals surface area (Å²) in [6.45, 7) is 2.04. The number of nitrogens with zero attached hydrogens (tertiary/aromatic N) is 2. The van der Waals surface area contributed by atoms with Crippen molar-refractivity contribution in [2.75, 3.05) is 0 Å². The topological polar surface area (TPSA) is 25.8 Å². The molecule has 0 aliphatic rings. The van der Waals surface area contributed by atoms with Crippen molar-refractivity contribution in [1.82, 2.24) is 9.97 Å². The second-order valence-corrected chi connectivity index (χ2v) is 5.21. The van der Waals surface area contributed by atoms with E-state index in [0.29, 0.717) is 0 Å². The minimum atomic E-state index is 0.968. The molecule has 0 saturated heterocycles. The van der Waals surface area contributed by atoms with Crippen molar-refractivity contribution in [3.63, 3.8) is 0 Å². The lowest BCUT2D eigenvalue weighted by Crippen LogP contribution is -1.91. The molecule has 0 radical (unpaired) electrons. The Morgan fingerprint density at radius 1 is 0.810 bits per heavy atom. The first-order valence-corrected chi connectivity index (χ1v) is 7.03. The van der Waals surface area contributed by atoms with Crippen LogP contribution in [0.25, 0.3) is 32.9 Å². The molecule has 4 aromatic rings. The fraction of sp³-hybridized carbons (Fsp3) is 0.0526. The Hall–Kier alpha value is -2.74. The Balaban J connectivity index is 2.15. The molecule has 0 unspecified atom stereocenters. The SMILES string of the molecule is Cc1cc(-c2ccccc2)c2ccc3cccnc3c2n1. The molecule has 0 bridgehead atoms. The summed E-state index contributed by atoms with van der Waals surface area (Å²) in [6.07, 6.45) is 1.83. The zero-order valence-corrected chi connectivity index (χ0v) is 11.7. The van der Waals surface area contributed by atoms with Gasteiger partial charge in [-0.25, -0.2) is 0 Å². The minimum absolute atomic E-state index is 0.968. The van der Waals surface area contributed by atoms with Gasteiger partial charge in [0.25, 0.3) is 0 Å². The number of aromatic nitrogens is 2. The van der Waals surface area contributed by atoms with Gasteiger partial charge < -0.3 is 0 Å². The minimum Gasteiger partial charge on any atom is -0.254 e. The summed E-state index contributed by atoms with van der Waals surface area (Å²) in [5, 5.41) is 2.28. The molecule has 0 fully saturated rings. The Bertz CT molecular complexity index is 943. The summed E-state index contributed by atoms with van der Waals surface area (Å²) >= 11 is 0. The van der Waals surface area contributed by atoms with E-state index >= 15 is 0 Å². The van der Waals surface area contributed by atoms with Crippen molar-refractivity contribution in [2.24, 2.45) is 0 Å². The lowest BCUT2D eigenvalue weighted by Gasteiger charge is -2.10. The van der Waals surface area contributed by atoms with Crippen molar-refractivity contribution in [2.45, 2.75) is 6.92 Å². The molecule has 2 heterocycles.